The summed E-state index contributed by atoms with van der Waals surface area (Å²) in [4.78, 5) is 22.7. The fourth-order valence-electron chi connectivity index (χ4n) is 1.92. The zero-order chi connectivity index (χ0) is 19.9. The van der Waals surface area contributed by atoms with Crippen LogP contribution < -0.4 is 9.47 Å². The summed E-state index contributed by atoms with van der Waals surface area (Å²) in [5.74, 6) is 1.02. The molecule has 1 aliphatic heterocycles. The zero-order valence-corrected chi connectivity index (χ0v) is 16.6. The second kappa shape index (κ2) is 11.0. The minimum atomic E-state index is -4.99. The van der Waals surface area contributed by atoms with Crippen molar-refractivity contribution in [3.8, 4) is 11.5 Å². The van der Waals surface area contributed by atoms with E-state index in [4.69, 9.17) is 9.47 Å². The Morgan fingerprint density at radius 3 is 2.64 bits per heavy atom. The Morgan fingerprint density at radius 2 is 2.11 bits per heavy atom. The summed E-state index contributed by atoms with van der Waals surface area (Å²) >= 11 is 1.59. The van der Waals surface area contributed by atoms with Crippen LogP contribution in [0.25, 0.3) is 0 Å². The fraction of sp³-hybridized carbons (Fsp3) is 0.294. The summed E-state index contributed by atoms with van der Waals surface area (Å²) in [7, 11) is 1.24. The average Bonchev–Trinajstić information content (AvgIpc) is 3.32. The summed E-state index contributed by atoms with van der Waals surface area (Å²) in [6, 6.07) is 8.70. The number of benzene rings is 1. The fourth-order valence-corrected chi connectivity index (χ4v) is 2.32. The summed E-state index contributed by atoms with van der Waals surface area (Å²) in [6.45, 7) is 0.0536. The van der Waals surface area contributed by atoms with E-state index in [0.717, 1.165) is 4.90 Å². The standard InChI is InChI=1S/C13H11F3NO5.C4H3S.V/c1-17(12(19)22-11(6-18)13(14,15)16)5-8-2-3-9-10(4-8)21-7-20-9;1-2-4-5-3-1;/h2-4,11H,5,7H2,1H3;1-3H;/q2*-1;+2. The van der Waals surface area contributed by atoms with Gasteiger partial charge in [-0.25, -0.2) is 17.1 Å². The SMILES string of the molecule is CN(Cc1ccc2c(c1)OCO2)C(=O)OC([C-]=O)C(F)(F)F.[V+2].[c-]1cccs1. The Morgan fingerprint density at radius 1 is 1.39 bits per heavy atom. The molecule has 1 aliphatic rings. The molecule has 1 aromatic heterocycles. The molecule has 0 N–H and O–H groups in total. The van der Waals surface area contributed by atoms with E-state index < -0.39 is 18.4 Å². The summed E-state index contributed by atoms with van der Waals surface area (Å²) in [6.07, 6.45) is -8.54. The van der Waals surface area contributed by atoms with Gasteiger partial charge in [-0.3, -0.25) is 0 Å². The van der Waals surface area contributed by atoms with E-state index in [1.165, 1.54) is 7.05 Å². The third kappa shape index (κ3) is 7.10. The third-order valence-electron chi connectivity index (χ3n) is 3.17. The quantitative estimate of drug-likeness (QED) is 0.664. The number of hydrogen-bond acceptors (Lipinski definition) is 6. The molecule has 1 atom stereocenters. The molecule has 0 spiro atoms. The maximum absolute atomic E-state index is 12.3. The van der Waals surface area contributed by atoms with Gasteiger partial charge in [-0.05, 0) is 17.7 Å². The molecule has 149 valence electrons. The summed E-state index contributed by atoms with van der Waals surface area (Å²) in [5.41, 5.74) is 0.599. The van der Waals surface area contributed by atoms with Crippen LogP contribution in [0.1, 0.15) is 5.56 Å². The molecule has 1 aromatic carbocycles. The summed E-state index contributed by atoms with van der Waals surface area (Å²) < 4.78 is 51.3. The molecule has 2 heterocycles. The van der Waals surface area contributed by atoms with Gasteiger partial charge in [0.1, 0.15) is 6.10 Å². The molecule has 11 heteroatoms. The first-order chi connectivity index (χ1) is 12.8. The van der Waals surface area contributed by atoms with Gasteiger partial charge in [-0.15, -0.1) is 5.38 Å². The van der Waals surface area contributed by atoms with Gasteiger partial charge in [0.15, 0.2) is 11.5 Å². The van der Waals surface area contributed by atoms with Crippen LogP contribution in [0.2, 0.25) is 0 Å². The second-order valence-corrected chi connectivity index (χ2v) is 5.94. The predicted octanol–water partition coefficient (Wildman–Crippen LogP) is 3.57. The van der Waals surface area contributed by atoms with Crippen LogP contribution in [0.3, 0.4) is 0 Å². The van der Waals surface area contributed by atoms with E-state index in [-0.39, 0.29) is 31.9 Å². The van der Waals surface area contributed by atoms with Crippen molar-refractivity contribution >= 4 is 23.7 Å². The van der Waals surface area contributed by atoms with Crippen molar-refractivity contribution in [3.05, 3.63) is 46.7 Å². The number of rotatable bonds is 4. The molecular weight excluding hydrogens is 438 g/mol. The van der Waals surface area contributed by atoms with Gasteiger partial charge in [0, 0.05) is 13.6 Å². The van der Waals surface area contributed by atoms with E-state index in [9.17, 15) is 22.8 Å². The molecule has 6 nitrogen and oxygen atoms in total. The first-order valence-corrected chi connectivity index (χ1v) is 8.33. The Balaban J connectivity index is 0.000000567. The molecular formula is C17H14F3NO5SV. The molecule has 0 aliphatic carbocycles. The number of hydrogen-bond donors (Lipinski definition) is 0. The number of carbonyl (C=O) groups is 1. The van der Waals surface area contributed by atoms with Gasteiger partial charge in [-0.1, -0.05) is 6.07 Å². The maximum atomic E-state index is 12.3. The number of carbonyl (C=O) groups excluding carboxylic acids is 2. The normalized spacial score (nSPS) is 12.7. The zero-order valence-electron chi connectivity index (χ0n) is 14.4. The van der Waals surface area contributed by atoms with Gasteiger partial charge in [0.2, 0.25) is 6.79 Å². The van der Waals surface area contributed by atoms with Crippen LogP contribution in [-0.2, 0) is 34.6 Å². The summed E-state index contributed by atoms with van der Waals surface area (Å²) in [5, 5.41) is 4.89. The van der Waals surface area contributed by atoms with Crippen molar-refractivity contribution in [2.24, 2.45) is 0 Å². The van der Waals surface area contributed by atoms with Crippen molar-refractivity contribution in [1.82, 2.24) is 4.90 Å². The van der Waals surface area contributed by atoms with Crippen LogP contribution in [0.15, 0.2) is 35.7 Å². The molecule has 28 heavy (non-hydrogen) atoms. The molecule has 1 radical (unpaired) electrons. The van der Waals surface area contributed by atoms with E-state index in [1.54, 1.807) is 29.5 Å². The largest absolute Gasteiger partial charge is 2.00 e. The van der Waals surface area contributed by atoms with E-state index >= 15 is 0 Å². The van der Waals surface area contributed by atoms with Gasteiger partial charge in [0.05, 0.1) is 0 Å². The van der Waals surface area contributed by atoms with Crippen molar-refractivity contribution in [2.45, 2.75) is 18.8 Å². The molecule has 0 bridgehead atoms. The topological polar surface area (TPSA) is 65.1 Å². The second-order valence-electron chi connectivity index (χ2n) is 5.20. The first-order valence-electron chi connectivity index (χ1n) is 7.45. The molecule has 1 amide bonds. The van der Waals surface area contributed by atoms with Crippen molar-refractivity contribution < 1.29 is 55.5 Å². The van der Waals surface area contributed by atoms with Crippen LogP contribution in [-0.4, -0.2) is 43.4 Å². The van der Waals surface area contributed by atoms with Crippen LogP contribution in [0, 0.1) is 5.38 Å². The number of alkyl halides is 3. The number of fused-ring (bicyclic) bond motifs is 1. The average molecular weight is 452 g/mol. The minimum absolute atomic E-state index is 0. The van der Waals surface area contributed by atoms with E-state index in [0.29, 0.717) is 23.3 Å². The molecule has 0 saturated carbocycles. The first kappa shape index (κ1) is 23.9. The Kier molecular flexibility index (Phi) is 9.37. The monoisotopic (exact) mass is 452 g/mol. The maximum Gasteiger partial charge on any atom is 2.00 e. The van der Waals surface area contributed by atoms with Crippen molar-refractivity contribution in [2.75, 3.05) is 13.8 Å². The molecule has 0 fully saturated rings. The molecule has 0 saturated heterocycles. The van der Waals surface area contributed by atoms with Gasteiger partial charge >= 0.3 is 30.8 Å². The minimum Gasteiger partial charge on any atom is -0.538 e. The Bertz CT molecular complexity index is 741. The van der Waals surface area contributed by atoms with Crippen molar-refractivity contribution in [1.29, 1.82) is 0 Å². The molecule has 1 unspecified atom stereocenters. The van der Waals surface area contributed by atoms with Crippen LogP contribution in [0.5, 0.6) is 11.5 Å². The van der Waals surface area contributed by atoms with Crippen LogP contribution >= 0.6 is 11.3 Å². The molecule has 3 rings (SSSR count). The van der Waals surface area contributed by atoms with Crippen molar-refractivity contribution in [3.63, 3.8) is 0 Å². The number of ether oxygens (including phenoxy) is 3. The number of amides is 1. The van der Waals surface area contributed by atoms with Gasteiger partial charge < -0.3 is 35.2 Å². The molecule has 2 aromatic rings. The van der Waals surface area contributed by atoms with E-state index in [2.05, 4.69) is 10.1 Å². The Labute approximate surface area is 175 Å². The number of halogens is 3. The number of nitrogens with zero attached hydrogens (tertiary/aromatic N) is 1. The van der Waals surface area contributed by atoms with Gasteiger partial charge in [0.25, 0.3) is 0 Å². The smallest absolute Gasteiger partial charge is 0.538 e. The van der Waals surface area contributed by atoms with Gasteiger partial charge in [-0.2, -0.15) is 24.6 Å². The van der Waals surface area contributed by atoms with E-state index in [1.807, 2.05) is 17.5 Å². The third-order valence-corrected chi connectivity index (χ3v) is 3.74. The number of thiophene rings is 1. The van der Waals surface area contributed by atoms with Crippen LogP contribution in [0.4, 0.5) is 18.0 Å². The predicted molar refractivity (Wildman–Crippen MR) is 89.2 cm³/mol. The Hall–Kier alpha value is -2.17.